The summed E-state index contributed by atoms with van der Waals surface area (Å²) in [5.74, 6) is -0.789. The van der Waals surface area contributed by atoms with Gasteiger partial charge in [0.1, 0.15) is 0 Å². The van der Waals surface area contributed by atoms with Crippen molar-refractivity contribution in [1.82, 2.24) is 5.32 Å². The predicted octanol–water partition coefficient (Wildman–Crippen LogP) is 2.17. The summed E-state index contributed by atoms with van der Waals surface area (Å²) in [7, 11) is 0. The van der Waals surface area contributed by atoms with E-state index in [1.54, 1.807) is 6.07 Å². The lowest BCUT2D eigenvalue weighted by Crippen LogP contribution is -2.65. The normalized spacial score (nSPS) is 17.3. The quantitative estimate of drug-likeness (QED) is 0.715. The van der Waals surface area contributed by atoms with E-state index in [-0.39, 0.29) is 12.0 Å². The molecule has 3 N–H and O–H groups in total. The third-order valence-corrected chi connectivity index (χ3v) is 3.87. The van der Waals surface area contributed by atoms with Crippen LogP contribution in [0.1, 0.15) is 6.42 Å². The zero-order chi connectivity index (χ0) is 12.5. The maximum Gasteiger partial charge on any atom is 0.305 e. The first kappa shape index (κ1) is 12.9. The second-order valence-electron chi connectivity index (χ2n) is 4.20. The molecular weight excluding hydrogens is 354 g/mol. The van der Waals surface area contributed by atoms with E-state index in [1.807, 2.05) is 12.1 Å². The van der Waals surface area contributed by atoms with Crippen LogP contribution in [-0.2, 0) is 4.79 Å². The molecule has 0 atom stereocenters. The van der Waals surface area contributed by atoms with Crippen LogP contribution in [0.5, 0.6) is 0 Å². The second-order valence-corrected chi connectivity index (χ2v) is 5.80. The number of anilines is 1. The Morgan fingerprint density at radius 3 is 2.76 bits per heavy atom. The number of rotatable bonds is 4. The van der Waals surface area contributed by atoms with Gasteiger partial charge in [-0.15, -0.1) is 0 Å². The molecule has 2 rings (SSSR count). The van der Waals surface area contributed by atoms with Gasteiger partial charge in [0.2, 0.25) is 0 Å². The molecule has 0 radical (unpaired) electrons. The summed E-state index contributed by atoms with van der Waals surface area (Å²) in [5, 5.41) is 16.0. The van der Waals surface area contributed by atoms with Gasteiger partial charge in [0.15, 0.2) is 0 Å². The molecule has 0 bridgehead atoms. The van der Waals surface area contributed by atoms with Crippen molar-refractivity contribution >= 4 is 45.8 Å². The van der Waals surface area contributed by atoms with Gasteiger partial charge in [0.25, 0.3) is 0 Å². The second kappa shape index (κ2) is 4.99. The molecule has 92 valence electrons. The lowest BCUT2D eigenvalue weighted by molar-refractivity contribution is -0.138. The molecule has 17 heavy (non-hydrogen) atoms. The highest BCUT2D eigenvalue weighted by atomic mass is 127. The Hall–Kier alpha value is -0.530. The fourth-order valence-corrected chi connectivity index (χ4v) is 2.86. The number of carbonyl (C=O) groups is 1. The molecule has 0 amide bonds. The molecule has 1 saturated heterocycles. The summed E-state index contributed by atoms with van der Waals surface area (Å²) in [6.07, 6.45) is 0.110. The SMILES string of the molecule is O=C(O)CC1(Nc2ccc(Cl)cc2I)CNC1. The van der Waals surface area contributed by atoms with Gasteiger partial charge in [0, 0.05) is 27.4 Å². The van der Waals surface area contributed by atoms with Crippen LogP contribution in [0.15, 0.2) is 18.2 Å². The molecule has 1 aromatic carbocycles. The van der Waals surface area contributed by atoms with Crippen LogP contribution in [0, 0.1) is 3.57 Å². The van der Waals surface area contributed by atoms with E-state index < -0.39 is 5.97 Å². The van der Waals surface area contributed by atoms with Gasteiger partial charge < -0.3 is 15.7 Å². The minimum Gasteiger partial charge on any atom is -0.481 e. The average Bonchev–Trinajstić information content (AvgIpc) is 2.18. The Balaban J connectivity index is 2.15. The number of hydrogen-bond donors (Lipinski definition) is 3. The Labute approximate surface area is 118 Å². The van der Waals surface area contributed by atoms with Crippen LogP contribution in [0.2, 0.25) is 5.02 Å². The predicted molar refractivity (Wildman–Crippen MR) is 75.6 cm³/mol. The average molecular weight is 367 g/mol. The molecule has 1 fully saturated rings. The highest BCUT2D eigenvalue weighted by Gasteiger charge is 2.39. The topological polar surface area (TPSA) is 61.4 Å². The molecule has 1 aromatic rings. The van der Waals surface area contributed by atoms with Gasteiger partial charge in [-0.05, 0) is 40.8 Å². The summed E-state index contributed by atoms with van der Waals surface area (Å²) in [6.45, 7) is 1.33. The third-order valence-electron chi connectivity index (χ3n) is 2.75. The molecule has 0 aromatic heterocycles. The van der Waals surface area contributed by atoms with Crippen LogP contribution in [-0.4, -0.2) is 29.7 Å². The first-order valence-corrected chi connectivity index (χ1v) is 6.62. The van der Waals surface area contributed by atoms with Crippen molar-refractivity contribution in [2.45, 2.75) is 12.0 Å². The first-order valence-electron chi connectivity index (χ1n) is 5.17. The van der Waals surface area contributed by atoms with Crippen LogP contribution in [0.4, 0.5) is 5.69 Å². The van der Waals surface area contributed by atoms with E-state index in [4.69, 9.17) is 16.7 Å². The van der Waals surface area contributed by atoms with E-state index in [0.29, 0.717) is 18.1 Å². The molecular formula is C11H12ClIN2O2. The van der Waals surface area contributed by atoms with Crippen molar-refractivity contribution in [1.29, 1.82) is 0 Å². The van der Waals surface area contributed by atoms with Gasteiger partial charge in [-0.1, -0.05) is 11.6 Å². The molecule has 1 heterocycles. The highest BCUT2D eigenvalue weighted by Crippen LogP contribution is 2.28. The van der Waals surface area contributed by atoms with Gasteiger partial charge >= 0.3 is 5.97 Å². The fraction of sp³-hybridized carbons (Fsp3) is 0.364. The monoisotopic (exact) mass is 366 g/mol. The van der Waals surface area contributed by atoms with Gasteiger partial charge in [-0.2, -0.15) is 0 Å². The Morgan fingerprint density at radius 2 is 2.29 bits per heavy atom. The van der Waals surface area contributed by atoms with Crippen molar-refractivity contribution in [3.8, 4) is 0 Å². The van der Waals surface area contributed by atoms with Crippen molar-refractivity contribution in [3.05, 3.63) is 26.8 Å². The number of halogens is 2. The van der Waals surface area contributed by atoms with E-state index in [1.165, 1.54) is 0 Å². The van der Waals surface area contributed by atoms with Crippen LogP contribution >= 0.6 is 34.2 Å². The summed E-state index contributed by atoms with van der Waals surface area (Å²) in [6, 6.07) is 5.53. The van der Waals surface area contributed by atoms with Crippen LogP contribution < -0.4 is 10.6 Å². The Kier molecular flexibility index (Phi) is 3.79. The number of nitrogens with one attached hydrogen (secondary N) is 2. The third kappa shape index (κ3) is 3.02. The summed E-state index contributed by atoms with van der Waals surface area (Å²) in [4.78, 5) is 10.8. The maximum atomic E-state index is 10.8. The lowest BCUT2D eigenvalue weighted by Gasteiger charge is -2.43. The van der Waals surface area contributed by atoms with E-state index >= 15 is 0 Å². The van der Waals surface area contributed by atoms with Gasteiger partial charge in [-0.25, -0.2) is 0 Å². The summed E-state index contributed by atoms with van der Waals surface area (Å²) < 4.78 is 0.992. The molecule has 0 aliphatic carbocycles. The molecule has 0 spiro atoms. The largest absolute Gasteiger partial charge is 0.481 e. The summed E-state index contributed by atoms with van der Waals surface area (Å²) >= 11 is 8.07. The number of hydrogen-bond acceptors (Lipinski definition) is 3. The molecule has 0 unspecified atom stereocenters. The van der Waals surface area contributed by atoms with E-state index in [2.05, 4.69) is 33.2 Å². The van der Waals surface area contributed by atoms with Crippen LogP contribution in [0.3, 0.4) is 0 Å². The minimum atomic E-state index is -0.789. The number of carboxylic acids is 1. The standard InChI is InChI=1S/C11H12ClIN2O2/c12-7-1-2-9(8(13)3-7)15-11(4-10(16)17)5-14-6-11/h1-3,14-15H,4-6H2,(H,16,17). The number of benzene rings is 1. The van der Waals surface area contributed by atoms with E-state index in [0.717, 1.165) is 9.26 Å². The van der Waals surface area contributed by atoms with Crippen molar-refractivity contribution in [2.24, 2.45) is 0 Å². The zero-order valence-corrected chi connectivity index (χ0v) is 11.9. The van der Waals surface area contributed by atoms with Crippen molar-refractivity contribution in [3.63, 3.8) is 0 Å². The van der Waals surface area contributed by atoms with Gasteiger partial charge in [-0.3, -0.25) is 4.79 Å². The first-order chi connectivity index (χ1) is 8.01. The smallest absolute Gasteiger partial charge is 0.305 e. The van der Waals surface area contributed by atoms with Crippen molar-refractivity contribution in [2.75, 3.05) is 18.4 Å². The Morgan fingerprint density at radius 1 is 1.59 bits per heavy atom. The number of carboxylic acid groups (broad SMARTS) is 1. The Bertz CT molecular complexity index is 449. The lowest BCUT2D eigenvalue weighted by atomic mass is 9.88. The molecule has 0 saturated carbocycles. The summed E-state index contributed by atoms with van der Waals surface area (Å²) in [5.41, 5.74) is 0.553. The molecule has 1 aliphatic heterocycles. The van der Waals surface area contributed by atoms with Crippen molar-refractivity contribution < 1.29 is 9.90 Å². The highest BCUT2D eigenvalue weighted by molar-refractivity contribution is 14.1. The van der Waals surface area contributed by atoms with E-state index in [9.17, 15) is 4.79 Å². The minimum absolute atomic E-state index is 0.110. The number of aliphatic carboxylic acids is 1. The molecule has 6 heteroatoms. The zero-order valence-electron chi connectivity index (χ0n) is 8.96. The fourth-order valence-electron chi connectivity index (χ4n) is 1.85. The van der Waals surface area contributed by atoms with Crippen LogP contribution in [0.25, 0.3) is 0 Å². The molecule has 1 aliphatic rings. The van der Waals surface area contributed by atoms with Gasteiger partial charge in [0.05, 0.1) is 12.0 Å². The maximum absolute atomic E-state index is 10.8. The molecule has 4 nitrogen and oxygen atoms in total.